The Balaban J connectivity index is 1.61. The van der Waals surface area contributed by atoms with Crippen molar-refractivity contribution in [1.82, 2.24) is 5.32 Å². The van der Waals surface area contributed by atoms with E-state index in [0.29, 0.717) is 22.3 Å². The van der Waals surface area contributed by atoms with E-state index in [9.17, 15) is 9.59 Å². The van der Waals surface area contributed by atoms with Crippen LogP contribution in [0.25, 0.3) is 17.4 Å². The lowest BCUT2D eigenvalue weighted by molar-refractivity contribution is 0.0697. The van der Waals surface area contributed by atoms with Gasteiger partial charge in [0.25, 0.3) is 5.24 Å². The van der Waals surface area contributed by atoms with Gasteiger partial charge in [-0.15, -0.1) is 0 Å². The molecule has 2 heterocycles. The number of carboxylic acid groups (broad SMARTS) is 1. The van der Waals surface area contributed by atoms with Crippen LogP contribution >= 0.6 is 11.8 Å². The lowest BCUT2D eigenvalue weighted by Crippen LogP contribution is -2.18. The number of aliphatic imine (C=N–C) groups is 1. The molecule has 0 radical (unpaired) electrons. The molecule has 0 saturated carbocycles. The van der Waals surface area contributed by atoms with Gasteiger partial charge >= 0.3 is 5.97 Å². The number of hydrogen-bond acceptors (Lipinski definition) is 5. The van der Waals surface area contributed by atoms with Crippen LogP contribution < -0.4 is 5.32 Å². The first kappa shape index (κ1) is 18.8. The number of nitrogens with one attached hydrogen (secondary N) is 1. The zero-order valence-corrected chi connectivity index (χ0v) is 16.2. The molecular formula is C22H16N2O4S. The minimum atomic E-state index is -0.975. The largest absolute Gasteiger partial charge is 0.478 e. The van der Waals surface area contributed by atoms with Crippen molar-refractivity contribution in [3.05, 3.63) is 82.5 Å². The lowest BCUT2D eigenvalue weighted by atomic mass is 10.1. The lowest BCUT2D eigenvalue weighted by Gasteiger charge is -2.00. The van der Waals surface area contributed by atoms with Crippen molar-refractivity contribution >= 4 is 40.6 Å². The van der Waals surface area contributed by atoms with Crippen molar-refractivity contribution in [2.24, 2.45) is 4.99 Å². The summed E-state index contributed by atoms with van der Waals surface area (Å²) in [5.74, 6) is 0.679. The molecule has 1 aliphatic heterocycles. The zero-order valence-electron chi connectivity index (χ0n) is 15.4. The molecule has 0 unspecified atom stereocenters. The number of hydrogen-bond donors (Lipinski definition) is 2. The van der Waals surface area contributed by atoms with Gasteiger partial charge in [-0.05, 0) is 66.7 Å². The summed E-state index contributed by atoms with van der Waals surface area (Å²) in [7, 11) is 0. The molecule has 1 aliphatic rings. The van der Waals surface area contributed by atoms with E-state index in [1.54, 1.807) is 30.3 Å². The number of rotatable bonds is 4. The number of thioether (sulfide) groups is 1. The van der Waals surface area contributed by atoms with Crippen molar-refractivity contribution in [2.75, 3.05) is 0 Å². The van der Waals surface area contributed by atoms with Gasteiger partial charge in [0.15, 0.2) is 0 Å². The summed E-state index contributed by atoms with van der Waals surface area (Å²) in [5, 5.41) is 11.6. The van der Waals surface area contributed by atoms with Gasteiger partial charge in [0.1, 0.15) is 17.4 Å². The van der Waals surface area contributed by atoms with Crippen LogP contribution in [0, 0.1) is 6.92 Å². The summed E-state index contributed by atoms with van der Waals surface area (Å²) < 4.78 is 5.85. The molecule has 29 heavy (non-hydrogen) atoms. The molecule has 1 aromatic heterocycles. The average Bonchev–Trinajstić information content (AvgIpc) is 3.29. The topological polar surface area (TPSA) is 91.9 Å². The molecule has 0 aliphatic carbocycles. The Morgan fingerprint density at radius 3 is 2.66 bits per heavy atom. The second-order valence-corrected chi connectivity index (χ2v) is 7.42. The predicted molar refractivity (Wildman–Crippen MR) is 113 cm³/mol. The highest BCUT2D eigenvalue weighted by Gasteiger charge is 2.24. The third-order valence-electron chi connectivity index (χ3n) is 4.22. The third kappa shape index (κ3) is 4.30. The summed E-state index contributed by atoms with van der Waals surface area (Å²) in [4.78, 5) is 28.1. The molecule has 2 aromatic carbocycles. The van der Waals surface area contributed by atoms with Gasteiger partial charge in [-0.1, -0.05) is 24.3 Å². The van der Waals surface area contributed by atoms with Gasteiger partial charge in [-0.3, -0.25) is 4.79 Å². The number of benzene rings is 2. The first-order chi connectivity index (χ1) is 14.0. The minimum Gasteiger partial charge on any atom is -0.478 e. The highest BCUT2D eigenvalue weighted by atomic mass is 32.2. The van der Waals surface area contributed by atoms with Crippen LogP contribution in [0.2, 0.25) is 0 Å². The Bertz CT molecular complexity index is 1160. The Morgan fingerprint density at radius 1 is 1.14 bits per heavy atom. The number of carbonyl (C=O) groups excluding carboxylic acids is 1. The highest BCUT2D eigenvalue weighted by Crippen LogP contribution is 2.30. The molecule has 1 fully saturated rings. The maximum Gasteiger partial charge on any atom is 0.335 e. The van der Waals surface area contributed by atoms with Gasteiger partial charge in [-0.2, -0.15) is 0 Å². The SMILES string of the molecule is Cc1cccc(N=C2NC(=O)SC2=Cc2ccc(-c3ccc(C(=O)O)cc3)o2)c1. The second-order valence-electron chi connectivity index (χ2n) is 6.41. The van der Waals surface area contributed by atoms with Gasteiger partial charge in [0, 0.05) is 5.56 Å². The summed E-state index contributed by atoms with van der Waals surface area (Å²) in [6, 6.07) is 17.7. The van der Waals surface area contributed by atoms with Gasteiger partial charge in [-0.25, -0.2) is 9.79 Å². The van der Waals surface area contributed by atoms with Crippen LogP contribution in [0.5, 0.6) is 0 Å². The van der Waals surface area contributed by atoms with E-state index in [1.165, 1.54) is 12.1 Å². The van der Waals surface area contributed by atoms with E-state index in [0.717, 1.165) is 28.6 Å². The van der Waals surface area contributed by atoms with Crippen LogP contribution in [0.15, 0.2) is 75.0 Å². The highest BCUT2D eigenvalue weighted by molar-refractivity contribution is 8.18. The second kappa shape index (κ2) is 7.81. The van der Waals surface area contributed by atoms with Crippen molar-refractivity contribution in [1.29, 1.82) is 0 Å². The summed E-state index contributed by atoms with van der Waals surface area (Å²) >= 11 is 1.06. The van der Waals surface area contributed by atoms with E-state index < -0.39 is 5.97 Å². The molecule has 2 N–H and O–H groups in total. The number of amides is 1. The number of furan rings is 1. The van der Waals surface area contributed by atoms with E-state index in [4.69, 9.17) is 9.52 Å². The van der Waals surface area contributed by atoms with E-state index in [1.807, 2.05) is 31.2 Å². The van der Waals surface area contributed by atoms with Crippen molar-refractivity contribution < 1.29 is 19.1 Å². The first-order valence-electron chi connectivity index (χ1n) is 8.78. The molecule has 3 aromatic rings. The summed E-state index contributed by atoms with van der Waals surface area (Å²) in [6.45, 7) is 1.98. The number of aryl methyl sites for hydroxylation is 1. The molecule has 0 bridgehead atoms. The molecule has 144 valence electrons. The number of amidine groups is 1. The molecule has 0 spiro atoms. The zero-order chi connectivity index (χ0) is 20.4. The normalized spacial score (nSPS) is 16.4. The number of nitrogens with zero attached hydrogens (tertiary/aromatic N) is 1. The Morgan fingerprint density at radius 2 is 1.93 bits per heavy atom. The number of carbonyl (C=O) groups is 2. The fourth-order valence-corrected chi connectivity index (χ4v) is 3.55. The van der Waals surface area contributed by atoms with Crippen molar-refractivity contribution in [3.8, 4) is 11.3 Å². The molecule has 4 rings (SSSR count). The molecule has 6 nitrogen and oxygen atoms in total. The van der Waals surface area contributed by atoms with Crippen molar-refractivity contribution in [3.63, 3.8) is 0 Å². The minimum absolute atomic E-state index is 0.196. The van der Waals surface area contributed by atoms with Gasteiger partial charge in [0.2, 0.25) is 0 Å². The van der Waals surface area contributed by atoms with E-state index in [2.05, 4.69) is 10.3 Å². The third-order valence-corrected chi connectivity index (χ3v) is 5.03. The van der Waals surface area contributed by atoms with Crippen LogP contribution in [0.1, 0.15) is 21.7 Å². The number of carboxylic acids is 1. The van der Waals surface area contributed by atoms with E-state index in [-0.39, 0.29) is 10.8 Å². The fraction of sp³-hybridized carbons (Fsp3) is 0.0455. The van der Waals surface area contributed by atoms with Crippen LogP contribution in [0.3, 0.4) is 0 Å². The quantitative estimate of drug-likeness (QED) is 0.601. The maximum atomic E-state index is 11.9. The van der Waals surface area contributed by atoms with Crippen LogP contribution in [-0.2, 0) is 0 Å². The number of aromatic carboxylic acids is 1. The van der Waals surface area contributed by atoms with E-state index >= 15 is 0 Å². The fourth-order valence-electron chi connectivity index (χ4n) is 2.83. The molecule has 7 heteroatoms. The molecular weight excluding hydrogens is 388 g/mol. The molecule has 1 saturated heterocycles. The Hall–Kier alpha value is -3.58. The predicted octanol–water partition coefficient (Wildman–Crippen LogP) is 5.48. The summed E-state index contributed by atoms with van der Waals surface area (Å²) in [5.41, 5.74) is 2.82. The van der Waals surface area contributed by atoms with Crippen LogP contribution in [-0.4, -0.2) is 22.2 Å². The Labute approximate surface area is 171 Å². The average molecular weight is 404 g/mol. The van der Waals surface area contributed by atoms with Gasteiger partial charge in [0.05, 0.1) is 16.2 Å². The standard InChI is InChI=1S/C22H16N2O4S/c1-13-3-2-4-16(11-13)23-20-19(29-22(27)24-20)12-17-9-10-18(28-17)14-5-7-15(8-6-14)21(25)26/h2-12H,1H3,(H,25,26)(H,23,24,27). The maximum absolute atomic E-state index is 11.9. The van der Waals surface area contributed by atoms with Crippen molar-refractivity contribution in [2.45, 2.75) is 6.92 Å². The smallest absolute Gasteiger partial charge is 0.335 e. The molecule has 0 atom stereocenters. The Kier molecular flexibility index (Phi) is 5.05. The van der Waals surface area contributed by atoms with Crippen LogP contribution in [0.4, 0.5) is 10.5 Å². The summed E-state index contributed by atoms with van der Waals surface area (Å²) in [6.07, 6.45) is 1.76. The van der Waals surface area contributed by atoms with Gasteiger partial charge < -0.3 is 14.8 Å². The first-order valence-corrected chi connectivity index (χ1v) is 9.59. The monoisotopic (exact) mass is 404 g/mol. The molecule has 1 amide bonds.